The molecule has 0 amide bonds. The Bertz CT molecular complexity index is 1070. The van der Waals surface area contributed by atoms with E-state index in [1.807, 2.05) is 43.3 Å². The normalized spacial score (nSPS) is 10.7. The van der Waals surface area contributed by atoms with Gasteiger partial charge >= 0.3 is 5.97 Å². The van der Waals surface area contributed by atoms with Crippen LogP contribution in [-0.2, 0) is 16.1 Å². The number of hydrogen-bond donors (Lipinski definition) is 0. The van der Waals surface area contributed by atoms with Gasteiger partial charge in [0.05, 0.1) is 11.4 Å². The average Bonchev–Trinajstić information content (AvgIpc) is 2.77. The third-order valence-electron chi connectivity index (χ3n) is 4.37. The number of ketones is 1. The fraction of sp³-hybridized carbons (Fsp3) is 0.0833. The van der Waals surface area contributed by atoms with Gasteiger partial charge in [0.2, 0.25) is 0 Å². The minimum atomic E-state index is -0.476. The first-order valence-electron chi connectivity index (χ1n) is 9.07. The van der Waals surface area contributed by atoms with E-state index in [1.165, 1.54) is 0 Å². The molecule has 0 spiro atoms. The van der Waals surface area contributed by atoms with Crippen LogP contribution in [0.4, 0.5) is 11.4 Å². The second kappa shape index (κ2) is 9.37. The first kappa shape index (κ1) is 19.9. The fourth-order valence-corrected chi connectivity index (χ4v) is 2.72. The quantitative estimate of drug-likeness (QED) is 0.221. The predicted octanol–water partition coefficient (Wildman–Crippen LogP) is 5.87. The van der Waals surface area contributed by atoms with Crippen molar-refractivity contribution in [3.05, 3.63) is 108 Å². The molecule has 0 aliphatic carbocycles. The van der Waals surface area contributed by atoms with E-state index < -0.39 is 5.97 Å². The van der Waals surface area contributed by atoms with Gasteiger partial charge in [0, 0.05) is 17.2 Å². The maximum absolute atomic E-state index is 12.6. The van der Waals surface area contributed by atoms with Crippen molar-refractivity contribution in [2.45, 2.75) is 13.5 Å². The van der Waals surface area contributed by atoms with E-state index in [9.17, 15) is 9.59 Å². The smallest absolute Gasteiger partial charge is 0.330 e. The lowest BCUT2D eigenvalue weighted by atomic mass is 10.0. The number of nitrogens with zero attached hydrogens (tertiary/aromatic N) is 2. The molecule has 0 N–H and O–H groups in total. The Hall–Kier alpha value is -3.86. The monoisotopic (exact) mass is 384 g/mol. The van der Waals surface area contributed by atoms with Crippen molar-refractivity contribution in [3.8, 4) is 0 Å². The number of benzene rings is 3. The van der Waals surface area contributed by atoms with Crippen LogP contribution in [0.25, 0.3) is 0 Å². The first-order valence-corrected chi connectivity index (χ1v) is 9.07. The zero-order chi connectivity index (χ0) is 20.6. The Kier molecular flexibility index (Phi) is 6.43. The molecule has 5 nitrogen and oxygen atoms in total. The molecule has 0 aliphatic heterocycles. The number of esters is 1. The SMILES string of the molecule is C=CC(=O)OCc1cccc(N=Nc2cccc(C(=O)c3ccccc3)c2)c1C. The molecule has 0 aromatic heterocycles. The lowest BCUT2D eigenvalue weighted by Crippen LogP contribution is -2.01. The van der Waals surface area contributed by atoms with Crippen LogP contribution in [0, 0.1) is 6.92 Å². The van der Waals surface area contributed by atoms with E-state index in [-0.39, 0.29) is 12.4 Å². The summed E-state index contributed by atoms with van der Waals surface area (Å²) in [6.45, 7) is 5.41. The number of carbonyl (C=O) groups excluding carboxylic acids is 2. The van der Waals surface area contributed by atoms with Crippen LogP contribution >= 0.6 is 0 Å². The van der Waals surface area contributed by atoms with E-state index >= 15 is 0 Å². The van der Waals surface area contributed by atoms with Gasteiger partial charge in [-0.05, 0) is 36.2 Å². The maximum Gasteiger partial charge on any atom is 0.330 e. The number of ether oxygens (including phenoxy) is 1. The van der Waals surface area contributed by atoms with Crippen molar-refractivity contribution < 1.29 is 14.3 Å². The Morgan fingerprint density at radius 2 is 1.66 bits per heavy atom. The topological polar surface area (TPSA) is 68.1 Å². The molecule has 144 valence electrons. The molecule has 0 radical (unpaired) electrons. The second-order valence-corrected chi connectivity index (χ2v) is 6.32. The zero-order valence-electron chi connectivity index (χ0n) is 16.0. The summed E-state index contributed by atoms with van der Waals surface area (Å²) in [7, 11) is 0. The van der Waals surface area contributed by atoms with Gasteiger partial charge in [-0.15, -0.1) is 0 Å². The fourth-order valence-electron chi connectivity index (χ4n) is 2.72. The summed E-state index contributed by atoms with van der Waals surface area (Å²) in [5.74, 6) is -0.541. The van der Waals surface area contributed by atoms with Crippen molar-refractivity contribution >= 4 is 23.1 Å². The Morgan fingerprint density at radius 3 is 2.41 bits per heavy atom. The van der Waals surface area contributed by atoms with Crippen LogP contribution in [0.3, 0.4) is 0 Å². The largest absolute Gasteiger partial charge is 0.458 e. The summed E-state index contributed by atoms with van der Waals surface area (Å²) in [5, 5.41) is 8.59. The first-order chi connectivity index (χ1) is 14.1. The Labute approximate surface area is 169 Å². The van der Waals surface area contributed by atoms with Crippen LogP contribution in [-0.4, -0.2) is 11.8 Å². The highest BCUT2D eigenvalue weighted by Gasteiger charge is 2.09. The molecule has 0 saturated carbocycles. The van der Waals surface area contributed by atoms with Crippen LogP contribution < -0.4 is 0 Å². The summed E-state index contributed by atoms with van der Waals surface area (Å²) in [5.41, 5.74) is 4.12. The van der Waals surface area contributed by atoms with Gasteiger partial charge in [-0.2, -0.15) is 10.2 Å². The molecule has 29 heavy (non-hydrogen) atoms. The molecule has 0 saturated heterocycles. The molecule has 0 bridgehead atoms. The molecule has 0 heterocycles. The molecule has 0 atom stereocenters. The minimum absolute atomic E-state index is 0.0649. The van der Waals surface area contributed by atoms with E-state index in [0.717, 1.165) is 17.2 Å². The van der Waals surface area contributed by atoms with Crippen molar-refractivity contribution in [3.63, 3.8) is 0 Å². The summed E-state index contributed by atoms with van der Waals surface area (Å²) in [6, 6.07) is 21.7. The summed E-state index contributed by atoms with van der Waals surface area (Å²) in [6.07, 6.45) is 1.13. The average molecular weight is 384 g/mol. The standard InChI is InChI=1S/C24H20N2O3/c1-3-23(27)29-16-20-12-8-14-22(17(20)2)26-25-21-13-7-11-19(15-21)24(28)18-9-5-4-6-10-18/h3-15H,1,16H2,2H3. The van der Waals surface area contributed by atoms with Crippen molar-refractivity contribution in [2.24, 2.45) is 10.2 Å². The molecule has 3 rings (SSSR count). The molecule has 0 aliphatic rings. The predicted molar refractivity (Wildman–Crippen MR) is 112 cm³/mol. The molecule has 0 unspecified atom stereocenters. The minimum Gasteiger partial charge on any atom is -0.458 e. The van der Waals surface area contributed by atoms with E-state index in [0.29, 0.717) is 22.5 Å². The maximum atomic E-state index is 12.6. The lowest BCUT2D eigenvalue weighted by molar-refractivity contribution is -0.138. The van der Waals surface area contributed by atoms with Crippen molar-refractivity contribution in [2.75, 3.05) is 0 Å². The van der Waals surface area contributed by atoms with Gasteiger partial charge in [-0.25, -0.2) is 4.79 Å². The van der Waals surface area contributed by atoms with Crippen LogP contribution in [0.2, 0.25) is 0 Å². The Morgan fingerprint density at radius 1 is 0.931 bits per heavy atom. The number of hydrogen-bond acceptors (Lipinski definition) is 5. The summed E-state index contributed by atoms with van der Waals surface area (Å²) in [4.78, 5) is 23.9. The zero-order valence-corrected chi connectivity index (χ0v) is 16.0. The number of carbonyl (C=O) groups is 2. The van der Waals surface area contributed by atoms with E-state index in [4.69, 9.17) is 4.74 Å². The molecular weight excluding hydrogens is 364 g/mol. The van der Waals surface area contributed by atoms with Crippen molar-refractivity contribution in [1.29, 1.82) is 0 Å². The van der Waals surface area contributed by atoms with Gasteiger partial charge in [0.25, 0.3) is 0 Å². The molecular formula is C24H20N2O3. The van der Waals surface area contributed by atoms with Gasteiger partial charge in [0.15, 0.2) is 5.78 Å². The third-order valence-corrected chi connectivity index (χ3v) is 4.37. The lowest BCUT2D eigenvalue weighted by Gasteiger charge is -2.08. The number of azo groups is 1. The summed E-state index contributed by atoms with van der Waals surface area (Å²) < 4.78 is 5.09. The van der Waals surface area contributed by atoms with Gasteiger partial charge in [-0.3, -0.25) is 4.79 Å². The molecule has 3 aromatic rings. The Balaban J connectivity index is 1.79. The van der Waals surface area contributed by atoms with E-state index in [2.05, 4.69) is 16.8 Å². The van der Waals surface area contributed by atoms with Crippen LogP contribution in [0.1, 0.15) is 27.0 Å². The van der Waals surface area contributed by atoms with Gasteiger partial charge in [-0.1, -0.05) is 61.2 Å². The van der Waals surface area contributed by atoms with Crippen LogP contribution in [0.15, 0.2) is 95.7 Å². The van der Waals surface area contributed by atoms with E-state index in [1.54, 1.807) is 36.4 Å². The molecule has 5 heteroatoms. The third kappa shape index (κ3) is 5.11. The van der Waals surface area contributed by atoms with Gasteiger partial charge < -0.3 is 4.74 Å². The van der Waals surface area contributed by atoms with Crippen molar-refractivity contribution in [1.82, 2.24) is 0 Å². The summed E-state index contributed by atoms with van der Waals surface area (Å²) >= 11 is 0. The highest BCUT2D eigenvalue weighted by molar-refractivity contribution is 6.09. The highest BCUT2D eigenvalue weighted by atomic mass is 16.5. The second-order valence-electron chi connectivity index (χ2n) is 6.32. The van der Waals surface area contributed by atoms with Gasteiger partial charge in [0.1, 0.15) is 6.61 Å². The van der Waals surface area contributed by atoms with Crippen LogP contribution in [0.5, 0.6) is 0 Å². The highest BCUT2D eigenvalue weighted by Crippen LogP contribution is 2.26. The molecule has 3 aromatic carbocycles. The molecule has 0 fully saturated rings. The number of rotatable bonds is 7.